The van der Waals surface area contributed by atoms with E-state index in [1.807, 2.05) is 5.92 Å². The van der Waals surface area contributed by atoms with E-state index in [4.69, 9.17) is 42.9 Å². The lowest BCUT2D eigenvalue weighted by Crippen LogP contribution is -2.36. The summed E-state index contributed by atoms with van der Waals surface area (Å²) in [5, 5.41) is 13.3. The first-order valence-corrected chi connectivity index (χ1v) is 12.9. The van der Waals surface area contributed by atoms with Crippen LogP contribution in [0, 0.1) is 17.1 Å². The molecule has 4 atom stereocenters. The predicted molar refractivity (Wildman–Crippen MR) is 134 cm³/mol. The normalized spacial score (nSPS) is 21.6. The molecule has 3 rings (SSSR count). The molecule has 0 spiro atoms. The van der Waals surface area contributed by atoms with Gasteiger partial charge in [-0.05, 0) is 51.2 Å². The van der Waals surface area contributed by atoms with Gasteiger partial charge in [-0.15, -0.1) is 6.42 Å². The Bertz CT molecular complexity index is 1330. The van der Waals surface area contributed by atoms with E-state index in [9.17, 15) is 14.5 Å². The SMILES string of the molecule is C#CC1(O)C(F)=C(COP(=O)(N[C@@H](C)C(=O)OC(C)C)Oc2ccccc2)O[C@H]1n1ccc(N)nc1=S. The smallest absolute Gasteiger partial charge is 0.459 e. The van der Waals surface area contributed by atoms with Crippen LogP contribution in [-0.2, 0) is 23.4 Å². The minimum absolute atomic E-state index is 0.0932. The molecular formula is C23H26FN4O7PS. The number of nitrogens with two attached hydrogens (primary N) is 1. The number of carbonyl (C=O) groups is 1. The zero-order valence-corrected chi connectivity index (χ0v) is 21.9. The quantitative estimate of drug-likeness (QED) is 0.172. The van der Waals surface area contributed by atoms with E-state index < -0.39 is 55.9 Å². The van der Waals surface area contributed by atoms with E-state index in [2.05, 4.69) is 10.1 Å². The van der Waals surface area contributed by atoms with Gasteiger partial charge in [0.1, 0.15) is 24.2 Å². The molecule has 2 aromatic rings. The van der Waals surface area contributed by atoms with Crippen LogP contribution >= 0.6 is 20.0 Å². The van der Waals surface area contributed by atoms with Crippen molar-refractivity contribution in [2.24, 2.45) is 0 Å². The fraction of sp³-hybridized carbons (Fsp3) is 0.348. The maximum Gasteiger partial charge on any atom is 0.459 e. The van der Waals surface area contributed by atoms with Crippen molar-refractivity contribution < 1.29 is 37.4 Å². The molecule has 11 nitrogen and oxygen atoms in total. The Morgan fingerprint density at radius 3 is 2.68 bits per heavy atom. The molecule has 0 bridgehead atoms. The van der Waals surface area contributed by atoms with Gasteiger partial charge in [0.2, 0.25) is 16.6 Å². The molecule has 0 amide bonds. The number of carbonyl (C=O) groups excluding carboxylic acids is 1. The minimum atomic E-state index is -4.35. The molecule has 1 aromatic carbocycles. The second-order valence-electron chi connectivity index (χ2n) is 8.17. The Balaban J connectivity index is 1.86. The lowest BCUT2D eigenvalue weighted by Gasteiger charge is -2.25. The fourth-order valence-electron chi connectivity index (χ4n) is 3.17. The van der Waals surface area contributed by atoms with Crippen molar-refractivity contribution in [3.8, 4) is 18.1 Å². The Morgan fingerprint density at radius 1 is 1.41 bits per heavy atom. The third-order valence-corrected chi connectivity index (χ3v) is 6.83. The van der Waals surface area contributed by atoms with Crippen LogP contribution in [0.1, 0.15) is 27.0 Å². The molecule has 37 heavy (non-hydrogen) atoms. The van der Waals surface area contributed by atoms with Crippen LogP contribution in [0.4, 0.5) is 10.2 Å². The lowest BCUT2D eigenvalue weighted by atomic mass is 10.0. The molecule has 0 radical (unpaired) electrons. The molecule has 0 aliphatic carbocycles. The number of rotatable bonds is 10. The molecule has 0 fully saturated rings. The average molecular weight is 553 g/mol. The van der Waals surface area contributed by atoms with Gasteiger partial charge in [-0.1, -0.05) is 24.1 Å². The summed E-state index contributed by atoms with van der Waals surface area (Å²) < 4.78 is 51.5. The second kappa shape index (κ2) is 11.4. The van der Waals surface area contributed by atoms with Crippen molar-refractivity contribution in [3.63, 3.8) is 0 Å². The maximum atomic E-state index is 15.3. The summed E-state index contributed by atoms with van der Waals surface area (Å²) in [4.78, 5) is 16.2. The van der Waals surface area contributed by atoms with Crippen molar-refractivity contribution in [3.05, 3.63) is 59.0 Å². The van der Waals surface area contributed by atoms with Crippen molar-refractivity contribution in [2.75, 3.05) is 12.3 Å². The third kappa shape index (κ3) is 6.54. The fourth-order valence-corrected chi connectivity index (χ4v) is 4.87. The van der Waals surface area contributed by atoms with E-state index in [0.29, 0.717) is 0 Å². The number of nitrogen functional groups attached to an aromatic ring is 1. The Morgan fingerprint density at radius 2 is 2.08 bits per heavy atom. The number of nitrogens with one attached hydrogen (secondary N) is 1. The van der Waals surface area contributed by atoms with Gasteiger partial charge in [0.15, 0.2) is 11.6 Å². The van der Waals surface area contributed by atoms with Gasteiger partial charge in [-0.3, -0.25) is 13.9 Å². The summed E-state index contributed by atoms with van der Waals surface area (Å²) in [7, 11) is -4.35. The number of ether oxygens (including phenoxy) is 2. The molecule has 2 heterocycles. The standard InChI is InChI=1S/C23H26FN4O7PS/c1-5-23(30)19(24)17(34-21(23)28-12-11-18(25)26-22(28)37)13-32-36(31,35-16-9-7-6-8-10-16)27-15(4)20(29)33-14(2)3/h1,6-12,14-15,21,30H,13H2,2-4H3,(H,27,31)(H2,25,26,37)/t15-,21+,23?,36?/m0/s1. The van der Waals surface area contributed by atoms with Crippen molar-refractivity contribution >= 4 is 31.8 Å². The molecule has 4 N–H and O–H groups in total. The zero-order chi connectivity index (χ0) is 27.4. The van der Waals surface area contributed by atoms with Crippen LogP contribution in [0.2, 0.25) is 0 Å². The van der Waals surface area contributed by atoms with Crippen LogP contribution in [0.25, 0.3) is 0 Å². The van der Waals surface area contributed by atoms with E-state index in [0.717, 1.165) is 4.57 Å². The van der Waals surface area contributed by atoms with Crippen molar-refractivity contribution in [1.82, 2.24) is 14.6 Å². The summed E-state index contributed by atoms with van der Waals surface area (Å²) >= 11 is 5.12. The summed E-state index contributed by atoms with van der Waals surface area (Å²) in [6.07, 6.45) is 4.76. The van der Waals surface area contributed by atoms with E-state index >= 15 is 4.39 Å². The number of aliphatic hydroxyl groups is 1. The van der Waals surface area contributed by atoms with Crippen LogP contribution in [0.15, 0.2) is 54.2 Å². The highest BCUT2D eigenvalue weighted by molar-refractivity contribution is 7.71. The highest BCUT2D eigenvalue weighted by atomic mass is 32.1. The van der Waals surface area contributed by atoms with Crippen LogP contribution < -0.4 is 15.3 Å². The highest BCUT2D eigenvalue weighted by Crippen LogP contribution is 2.48. The summed E-state index contributed by atoms with van der Waals surface area (Å²) in [6.45, 7) is 3.90. The van der Waals surface area contributed by atoms with Gasteiger partial charge in [-0.25, -0.2) is 13.9 Å². The van der Waals surface area contributed by atoms with Crippen molar-refractivity contribution in [2.45, 2.75) is 44.7 Å². The summed E-state index contributed by atoms with van der Waals surface area (Å²) in [6, 6.07) is 8.19. The Kier molecular flexibility index (Phi) is 8.73. The molecule has 14 heteroatoms. The van der Waals surface area contributed by atoms with Crippen LogP contribution in [0.5, 0.6) is 5.75 Å². The highest BCUT2D eigenvalue weighted by Gasteiger charge is 2.52. The molecule has 0 saturated carbocycles. The number of benzene rings is 1. The number of halogens is 1. The van der Waals surface area contributed by atoms with Crippen LogP contribution in [-0.4, -0.2) is 45.0 Å². The molecule has 1 aromatic heterocycles. The zero-order valence-electron chi connectivity index (χ0n) is 20.2. The largest absolute Gasteiger partial charge is 0.464 e. The number of hydrogen-bond acceptors (Lipinski definition) is 10. The number of para-hydroxylation sites is 1. The first kappa shape index (κ1) is 28.3. The molecule has 1 aliphatic rings. The number of terminal acetylenes is 1. The summed E-state index contributed by atoms with van der Waals surface area (Å²) in [5.41, 5.74) is 3.02. The number of nitrogens with zero attached hydrogens (tertiary/aromatic N) is 2. The van der Waals surface area contributed by atoms with Gasteiger partial charge in [-0.2, -0.15) is 5.09 Å². The first-order chi connectivity index (χ1) is 17.4. The molecular weight excluding hydrogens is 526 g/mol. The molecule has 0 saturated heterocycles. The lowest BCUT2D eigenvalue weighted by molar-refractivity contribution is -0.149. The Labute approximate surface area is 218 Å². The van der Waals surface area contributed by atoms with E-state index in [-0.39, 0.29) is 16.3 Å². The molecule has 2 unspecified atom stereocenters. The second-order valence-corrected chi connectivity index (χ2v) is 10.2. The van der Waals surface area contributed by atoms with Crippen molar-refractivity contribution in [1.29, 1.82) is 0 Å². The summed E-state index contributed by atoms with van der Waals surface area (Å²) in [5.74, 6) is -0.368. The topological polar surface area (TPSA) is 147 Å². The van der Waals surface area contributed by atoms with Gasteiger partial charge in [0, 0.05) is 6.20 Å². The average Bonchev–Trinajstić information content (AvgIpc) is 3.08. The number of aromatic nitrogens is 2. The third-order valence-electron chi connectivity index (χ3n) is 4.91. The minimum Gasteiger partial charge on any atom is -0.464 e. The van der Waals surface area contributed by atoms with Gasteiger partial charge < -0.3 is 24.8 Å². The van der Waals surface area contributed by atoms with Crippen LogP contribution in [0.3, 0.4) is 0 Å². The number of anilines is 1. The van der Waals surface area contributed by atoms with Gasteiger partial charge in [0.05, 0.1) is 6.10 Å². The Hall–Kier alpha value is -3.27. The number of esters is 1. The number of hydrogen-bond donors (Lipinski definition) is 3. The molecule has 1 aliphatic heterocycles. The predicted octanol–water partition coefficient (Wildman–Crippen LogP) is 3.40. The van der Waals surface area contributed by atoms with Gasteiger partial charge in [0.25, 0.3) is 0 Å². The van der Waals surface area contributed by atoms with Gasteiger partial charge >= 0.3 is 13.7 Å². The van der Waals surface area contributed by atoms with E-state index in [1.54, 1.807) is 32.0 Å². The maximum absolute atomic E-state index is 15.3. The monoisotopic (exact) mass is 552 g/mol. The van der Waals surface area contributed by atoms with E-state index in [1.165, 1.54) is 31.3 Å². The first-order valence-electron chi connectivity index (χ1n) is 11.0. The molecule has 198 valence electrons.